The highest BCUT2D eigenvalue weighted by atomic mass is 32.2. The van der Waals surface area contributed by atoms with E-state index in [1.807, 2.05) is 0 Å². The molecule has 2 rings (SSSR count). The van der Waals surface area contributed by atoms with Crippen LogP contribution < -0.4 is 10.4 Å². The summed E-state index contributed by atoms with van der Waals surface area (Å²) in [5, 5.41) is 1.32. The van der Waals surface area contributed by atoms with Gasteiger partial charge in [0.15, 0.2) is 16.6 Å². The van der Waals surface area contributed by atoms with Crippen molar-refractivity contribution in [3.8, 4) is 0 Å². The number of halogens is 3. The van der Waals surface area contributed by atoms with E-state index < -0.39 is 32.5 Å². The fourth-order valence-electron chi connectivity index (χ4n) is 2.38. The molecule has 1 unspecified atom stereocenters. The van der Waals surface area contributed by atoms with Crippen LogP contribution in [0.15, 0.2) is 23.1 Å². The maximum absolute atomic E-state index is 12.6. The van der Waals surface area contributed by atoms with E-state index in [0.29, 0.717) is 0 Å². The molecule has 0 bridgehead atoms. The van der Waals surface area contributed by atoms with Gasteiger partial charge < -0.3 is 0 Å². The lowest BCUT2D eigenvalue weighted by atomic mass is 9.80. The monoisotopic (exact) mass is 348 g/mol. The quantitative estimate of drug-likeness (QED) is 0.891. The molecule has 0 saturated heterocycles. The number of benzene rings is 1. The number of fused-ring (bicyclic) bond motifs is 1. The fourth-order valence-corrected chi connectivity index (χ4v) is 3.06. The normalized spacial score (nSPS) is 18.3. The van der Waals surface area contributed by atoms with Crippen LogP contribution >= 0.6 is 0 Å². The van der Waals surface area contributed by atoms with Crippen LogP contribution in [0.2, 0.25) is 0 Å². The third-order valence-corrected chi connectivity index (χ3v) is 4.49. The summed E-state index contributed by atoms with van der Waals surface area (Å²) in [6.07, 6.45) is 0. The van der Waals surface area contributed by atoms with Gasteiger partial charge in [0.1, 0.15) is 0 Å². The van der Waals surface area contributed by atoms with E-state index in [0.717, 1.165) is 12.1 Å². The second-order valence-electron chi connectivity index (χ2n) is 5.86. The lowest BCUT2D eigenvalue weighted by molar-refractivity contribution is -0.119. The zero-order valence-electron chi connectivity index (χ0n) is 12.7. The van der Waals surface area contributed by atoms with E-state index in [9.17, 15) is 27.0 Å². The smallest absolute Gasteiger partial charge is 0.293 e. The number of Topliss-reactive ketones (excluding diaryl/α,β-unsaturated/α-hetero) is 1. The summed E-state index contributed by atoms with van der Waals surface area (Å²) in [6, 6.07) is 3.27. The van der Waals surface area contributed by atoms with Gasteiger partial charge in [-0.15, -0.1) is 0 Å². The Labute approximate surface area is 133 Å². The zero-order chi connectivity index (χ0) is 17.6. The summed E-state index contributed by atoms with van der Waals surface area (Å²) in [4.78, 5) is 23.3. The molecule has 9 heteroatoms. The molecule has 0 aromatic heterocycles. The maximum Gasteiger partial charge on any atom is 0.475 e. The number of hydrazine groups is 1. The molecule has 0 fully saturated rings. The SMILES string of the molecule is CC(=O)NN1CC(C)(C)C(=O)c2ccc(S(=O)C(F)(F)F)cc21. The minimum Gasteiger partial charge on any atom is -0.293 e. The van der Waals surface area contributed by atoms with Crippen LogP contribution in [0, 0.1) is 5.41 Å². The van der Waals surface area contributed by atoms with Gasteiger partial charge in [-0.3, -0.25) is 20.0 Å². The van der Waals surface area contributed by atoms with Crippen molar-refractivity contribution >= 4 is 28.2 Å². The van der Waals surface area contributed by atoms with Gasteiger partial charge in [-0.2, -0.15) is 13.2 Å². The second-order valence-corrected chi connectivity index (χ2v) is 7.33. The molecular weight excluding hydrogens is 333 g/mol. The number of hydrogen-bond donors (Lipinski definition) is 1. The van der Waals surface area contributed by atoms with Crippen LogP contribution in [0.4, 0.5) is 18.9 Å². The summed E-state index contributed by atoms with van der Waals surface area (Å²) >= 11 is 0. The molecule has 1 aliphatic rings. The first-order valence-electron chi connectivity index (χ1n) is 6.66. The lowest BCUT2D eigenvalue weighted by Gasteiger charge is -2.39. The van der Waals surface area contributed by atoms with E-state index in [2.05, 4.69) is 5.43 Å². The summed E-state index contributed by atoms with van der Waals surface area (Å²) in [7, 11) is -3.21. The molecule has 0 aliphatic carbocycles. The van der Waals surface area contributed by atoms with Crippen LogP contribution in [0.1, 0.15) is 31.1 Å². The van der Waals surface area contributed by atoms with E-state index in [1.54, 1.807) is 13.8 Å². The Hall–Kier alpha value is -1.90. The van der Waals surface area contributed by atoms with Gasteiger partial charge in [0, 0.05) is 17.9 Å². The Kier molecular flexibility index (Phi) is 4.27. The zero-order valence-corrected chi connectivity index (χ0v) is 13.5. The van der Waals surface area contributed by atoms with Crippen molar-refractivity contribution in [1.82, 2.24) is 5.43 Å². The second kappa shape index (κ2) is 5.63. The first kappa shape index (κ1) is 17.5. The largest absolute Gasteiger partial charge is 0.475 e. The van der Waals surface area contributed by atoms with E-state index >= 15 is 0 Å². The molecule has 1 atom stereocenters. The summed E-state index contributed by atoms with van der Waals surface area (Å²) in [6.45, 7) is 4.70. The Morgan fingerprint density at radius 2 is 1.96 bits per heavy atom. The number of alkyl halides is 3. The number of amides is 1. The van der Waals surface area contributed by atoms with Crippen molar-refractivity contribution in [2.45, 2.75) is 31.2 Å². The van der Waals surface area contributed by atoms with Crippen molar-refractivity contribution in [1.29, 1.82) is 0 Å². The minimum absolute atomic E-state index is 0.0977. The van der Waals surface area contributed by atoms with Gasteiger partial charge in [0.2, 0.25) is 5.91 Å². The number of ketones is 1. The average Bonchev–Trinajstić information content (AvgIpc) is 2.41. The molecule has 1 aromatic rings. The predicted octanol–water partition coefficient (Wildman–Crippen LogP) is 2.39. The van der Waals surface area contributed by atoms with Gasteiger partial charge in [-0.1, -0.05) is 13.8 Å². The van der Waals surface area contributed by atoms with E-state index in [-0.39, 0.29) is 23.6 Å². The molecule has 126 valence electrons. The maximum atomic E-state index is 12.6. The van der Waals surface area contributed by atoms with Gasteiger partial charge in [0.05, 0.1) is 17.1 Å². The molecule has 1 aromatic carbocycles. The Balaban J connectivity index is 2.55. The molecule has 1 aliphatic heterocycles. The molecule has 0 radical (unpaired) electrons. The highest BCUT2D eigenvalue weighted by Crippen LogP contribution is 2.37. The highest BCUT2D eigenvalue weighted by Gasteiger charge is 2.41. The average molecular weight is 348 g/mol. The minimum atomic E-state index is -4.90. The fraction of sp³-hybridized carbons (Fsp3) is 0.429. The Bertz CT molecular complexity index is 701. The van der Waals surface area contributed by atoms with E-state index in [4.69, 9.17) is 0 Å². The van der Waals surface area contributed by atoms with Crippen LogP contribution in [-0.2, 0) is 15.6 Å². The number of anilines is 1. The topological polar surface area (TPSA) is 66.5 Å². The predicted molar refractivity (Wildman–Crippen MR) is 78.2 cm³/mol. The first-order valence-corrected chi connectivity index (χ1v) is 7.80. The van der Waals surface area contributed by atoms with Crippen molar-refractivity contribution in [2.24, 2.45) is 5.41 Å². The molecular formula is C14H15F3N2O3S. The highest BCUT2D eigenvalue weighted by molar-refractivity contribution is 7.86. The molecule has 1 N–H and O–H groups in total. The number of nitrogens with one attached hydrogen (secondary N) is 1. The lowest BCUT2D eigenvalue weighted by Crippen LogP contribution is -2.52. The molecule has 1 amide bonds. The van der Waals surface area contributed by atoms with Crippen LogP contribution in [0.5, 0.6) is 0 Å². The van der Waals surface area contributed by atoms with Crippen molar-refractivity contribution in [3.05, 3.63) is 23.8 Å². The molecule has 23 heavy (non-hydrogen) atoms. The molecule has 0 spiro atoms. The first-order chi connectivity index (χ1) is 10.4. The van der Waals surface area contributed by atoms with Crippen molar-refractivity contribution < 1.29 is 27.0 Å². The Morgan fingerprint density at radius 3 is 2.48 bits per heavy atom. The number of carbonyl (C=O) groups excluding carboxylic acids is 2. The van der Waals surface area contributed by atoms with Crippen molar-refractivity contribution in [2.75, 3.05) is 11.6 Å². The summed E-state index contributed by atoms with van der Waals surface area (Å²) in [5.74, 6) is -0.679. The van der Waals surface area contributed by atoms with Gasteiger partial charge in [0.25, 0.3) is 0 Å². The molecule has 1 heterocycles. The molecule has 5 nitrogen and oxygen atoms in total. The van der Waals surface area contributed by atoms with Crippen LogP contribution in [0.3, 0.4) is 0 Å². The van der Waals surface area contributed by atoms with Crippen LogP contribution in [-0.4, -0.2) is 28.0 Å². The standard InChI is InChI=1S/C14H15F3N2O3S/c1-8(20)18-19-7-13(2,3)12(21)10-5-4-9(6-11(10)19)23(22)14(15,16)17/h4-6H,7H2,1-3H3,(H,18,20). The summed E-state index contributed by atoms with van der Waals surface area (Å²) < 4.78 is 49.4. The van der Waals surface area contributed by atoms with Gasteiger partial charge >= 0.3 is 5.51 Å². The number of carbonyl (C=O) groups is 2. The number of rotatable bonds is 2. The number of hydrogen-bond acceptors (Lipinski definition) is 4. The number of nitrogens with zero attached hydrogens (tertiary/aromatic N) is 1. The molecule has 0 saturated carbocycles. The van der Waals surface area contributed by atoms with Crippen molar-refractivity contribution in [3.63, 3.8) is 0 Å². The third kappa shape index (κ3) is 3.39. The summed E-state index contributed by atoms with van der Waals surface area (Å²) in [5.41, 5.74) is -2.95. The van der Waals surface area contributed by atoms with Crippen LogP contribution in [0.25, 0.3) is 0 Å². The third-order valence-electron chi connectivity index (χ3n) is 3.39. The van der Waals surface area contributed by atoms with Gasteiger partial charge in [-0.05, 0) is 18.2 Å². The Morgan fingerprint density at radius 1 is 1.35 bits per heavy atom. The van der Waals surface area contributed by atoms with E-state index in [1.165, 1.54) is 18.0 Å². The van der Waals surface area contributed by atoms with Gasteiger partial charge in [-0.25, -0.2) is 4.21 Å².